The third-order valence-electron chi connectivity index (χ3n) is 4.89. The maximum atomic E-state index is 12.7. The molecular weight excluding hydrogens is 380 g/mol. The Balaban J connectivity index is 1.45. The number of piperidine rings is 1. The van der Waals surface area contributed by atoms with Crippen LogP contribution >= 0.6 is 11.8 Å². The van der Waals surface area contributed by atoms with E-state index in [1.165, 1.54) is 11.3 Å². The predicted molar refractivity (Wildman–Crippen MR) is 121 cm³/mol. The van der Waals surface area contributed by atoms with Crippen molar-refractivity contribution in [3.63, 3.8) is 0 Å². The number of benzene rings is 2. The number of para-hydroxylation sites is 1. The van der Waals surface area contributed by atoms with Gasteiger partial charge in [-0.15, -0.1) is 11.8 Å². The van der Waals surface area contributed by atoms with Gasteiger partial charge in [0, 0.05) is 42.4 Å². The number of carbonyl (C=O) groups excluding carboxylic acids is 1. The van der Waals surface area contributed by atoms with Crippen LogP contribution in [0.25, 0.3) is 0 Å². The monoisotopic (exact) mass is 412 g/mol. The maximum Gasteiger partial charge on any atom is 0.253 e. The molecule has 1 aliphatic heterocycles. The topological polar surface area (TPSA) is 41.6 Å². The van der Waals surface area contributed by atoms with Crippen LogP contribution in [0.5, 0.6) is 5.75 Å². The minimum Gasteiger partial charge on any atom is -0.490 e. The highest BCUT2D eigenvalue weighted by Gasteiger charge is 2.18. The maximum absolute atomic E-state index is 12.7. The zero-order chi connectivity index (χ0) is 20.5. The van der Waals surface area contributed by atoms with Gasteiger partial charge in [-0.1, -0.05) is 24.3 Å². The fourth-order valence-corrected chi connectivity index (χ4v) is 4.38. The minimum atomic E-state index is 0.170. The molecule has 0 radical (unpaired) electrons. The number of nitrogens with one attached hydrogen (secondary N) is 1. The Morgan fingerprint density at radius 3 is 2.69 bits per heavy atom. The Kier molecular flexibility index (Phi) is 8.44. The molecule has 5 heteroatoms. The van der Waals surface area contributed by atoms with E-state index in [-0.39, 0.29) is 12.0 Å². The molecule has 1 fully saturated rings. The number of ether oxygens (including phenoxy) is 1. The fraction of sp³-hybridized carbons (Fsp3) is 0.458. The first-order valence-corrected chi connectivity index (χ1v) is 11.6. The lowest BCUT2D eigenvalue weighted by molar-refractivity contribution is 0.0724. The molecule has 1 aliphatic rings. The van der Waals surface area contributed by atoms with E-state index >= 15 is 0 Å². The Morgan fingerprint density at radius 2 is 1.90 bits per heavy atom. The van der Waals surface area contributed by atoms with Gasteiger partial charge in [-0.05, 0) is 62.9 Å². The molecule has 0 aliphatic carbocycles. The van der Waals surface area contributed by atoms with Crippen molar-refractivity contribution in [1.82, 2.24) is 10.2 Å². The molecule has 1 amide bonds. The van der Waals surface area contributed by atoms with Crippen LogP contribution in [0, 0.1) is 0 Å². The van der Waals surface area contributed by atoms with Gasteiger partial charge < -0.3 is 15.0 Å². The highest BCUT2D eigenvalue weighted by molar-refractivity contribution is 7.99. The third-order valence-corrected chi connectivity index (χ3v) is 5.95. The van der Waals surface area contributed by atoms with Crippen LogP contribution in [-0.2, 0) is 6.54 Å². The third kappa shape index (κ3) is 6.79. The molecule has 2 aromatic rings. The van der Waals surface area contributed by atoms with Gasteiger partial charge in [0.05, 0.1) is 6.10 Å². The normalized spacial score (nSPS) is 14.2. The van der Waals surface area contributed by atoms with Crippen molar-refractivity contribution in [3.05, 3.63) is 59.7 Å². The van der Waals surface area contributed by atoms with E-state index in [4.69, 9.17) is 4.74 Å². The van der Waals surface area contributed by atoms with Crippen molar-refractivity contribution in [1.29, 1.82) is 0 Å². The largest absolute Gasteiger partial charge is 0.490 e. The van der Waals surface area contributed by atoms with Gasteiger partial charge in [0.2, 0.25) is 0 Å². The van der Waals surface area contributed by atoms with Crippen LogP contribution < -0.4 is 10.1 Å². The van der Waals surface area contributed by atoms with E-state index in [0.29, 0.717) is 0 Å². The molecule has 4 nitrogen and oxygen atoms in total. The van der Waals surface area contributed by atoms with Crippen LogP contribution in [-0.4, -0.2) is 42.3 Å². The number of thioether (sulfide) groups is 1. The molecule has 156 valence electrons. The molecule has 29 heavy (non-hydrogen) atoms. The number of hydrogen-bond acceptors (Lipinski definition) is 4. The quantitative estimate of drug-likeness (QED) is 0.466. The van der Waals surface area contributed by atoms with Crippen LogP contribution in [0.4, 0.5) is 0 Å². The summed E-state index contributed by atoms with van der Waals surface area (Å²) in [6.45, 7) is 7.54. The number of rotatable bonds is 9. The fourth-order valence-electron chi connectivity index (χ4n) is 3.48. The second-order valence-corrected chi connectivity index (χ2v) is 8.83. The van der Waals surface area contributed by atoms with Gasteiger partial charge >= 0.3 is 0 Å². The summed E-state index contributed by atoms with van der Waals surface area (Å²) in [6, 6.07) is 16.2. The summed E-state index contributed by atoms with van der Waals surface area (Å²) in [7, 11) is 0. The Bertz CT molecular complexity index is 788. The second-order valence-electron chi connectivity index (χ2n) is 7.69. The lowest BCUT2D eigenvalue weighted by Crippen LogP contribution is -2.35. The summed E-state index contributed by atoms with van der Waals surface area (Å²) < 4.78 is 5.88. The van der Waals surface area contributed by atoms with Crippen LogP contribution in [0.3, 0.4) is 0 Å². The SMILES string of the molecule is CC(C)Oc1ccccc1SCCNCc1cccc(C(=O)N2CCCCC2)c1. The Hall–Kier alpha value is -1.98. The highest BCUT2D eigenvalue weighted by Crippen LogP contribution is 2.29. The summed E-state index contributed by atoms with van der Waals surface area (Å²) in [5, 5.41) is 3.49. The molecule has 1 N–H and O–H groups in total. The number of amides is 1. The number of nitrogens with zero attached hydrogens (tertiary/aromatic N) is 1. The average Bonchev–Trinajstić information content (AvgIpc) is 2.74. The molecule has 0 aromatic heterocycles. The molecule has 2 aromatic carbocycles. The summed E-state index contributed by atoms with van der Waals surface area (Å²) in [6.07, 6.45) is 3.65. The van der Waals surface area contributed by atoms with Crippen LogP contribution in [0.2, 0.25) is 0 Å². The van der Waals surface area contributed by atoms with Crippen molar-refractivity contribution in [2.24, 2.45) is 0 Å². The molecule has 3 rings (SSSR count). The summed E-state index contributed by atoms with van der Waals surface area (Å²) >= 11 is 1.80. The van der Waals surface area contributed by atoms with E-state index in [0.717, 1.165) is 61.6 Å². The standard InChI is InChI=1S/C24H32N2O2S/c1-19(2)28-22-11-4-5-12-23(22)29-16-13-25-18-20-9-8-10-21(17-20)24(27)26-14-6-3-7-15-26/h4-5,8-12,17,19,25H,3,6-7,13-16,18H2,1-2H3. The zero-order valence-electron chi connectivity index (χ0n) is 17.5. The number of carbonyl (C=O) groups is 1. The van der Waals surface area contributed by atoms with Crippen molar-refractivity contribution >= 4 is 17.7 Å². The average molecular weight is 413 g/mol. The molecule has 1 heterocycles. The predicted octanol–water partition coefficient (Wildman–Crippen LogP) is 4.98. The van der Waals surface area contributed by atoms with Crippen molar-refractivity contribution in [2.75, 3.05) is 25.4 Å². The van der Waals surface area contributed by atoms with Crippen molar-refractivity contribution in [2.45, 2.75) is 50.7 Å². The van der Waals surface area contributed by atoms with Gasteiger partial charge in [0.15, 0.2) is 0 Å². The molecule has 0 saturated carbocycles. The van der Waals surface area contributed by atoms with E-state index in [2.05, 4.69) is 17.4 Å². The van der Waals surface area contributed by atoms with E-state index < -0.39 is 0 Å². The van der Waals surface area contributed by atoms with E-state index in [9.17, 15) is 4.79 Å². The Labute approximate surface area is 179 Å². The van der Waals surface area contributed by atoms with Crippen molar-refractivity contribution < 1.29 is 9.53 Å². The second kappa shape index (κ2) is 11.3. The summed E-state index contributed by atoms with van der Waals surface area (Å²) in [5.41, 5.74) is 1.96. The lowest BCUT2D eigenvalue weighted by Gasteiger charge is -2.26. The lowest BCUT2D eigenvalue weighted by atomic mass is 10.1. The first kappa shape index (κ1) is 21.7. The van der Waals surface area contributed by atoms with Gasteiger partial charge in [-0.3, -0.25) is 4.79 Å². The smallest absolute Gasteiger partial charge is 0.253 e. The Morgan fingerprint density at radius 1 is 1.10 bits per heavy atom. The molecule has 0 unspecified atom stereocenters. The summed E-state index contributed by atoms with van der Waals surface area (Å²) in [4.78, 5) is 15.9. The molecular formula is C24H32N2O2S. The van der Waals surface area contributed by atoms with Crippen LogP contribution in [0.15, 0.2) is 53.4 Å². The molecule has 1 saturated heterocycles. The van der Waals surface area contributed by atoms with Gasteiger partial charge in [0.25, 0.3) is 5.91 Å². The van der Waals surface area contributed by atoms with Crippen LogP contribution in [0.1, 0.15) is 49.0 Å². The van der Waals surface area contributed by atoms with Crippen molar-refractivity contribution in [3.8, 4) is 5.75 Å². The highest BCUT2D eigenvalue weighted by atomic mass is 32.2. The minimum absolute atomic E-state index is 0.170. The molecule has 0 spiro atoms. The zero-order valence-corrected chi connectivity index (χ0v) is 18.3. The summed E-state index contributed by atoms with van der Waals surface area (Å²) in [5.74, 6) is 2.09. The van der Waals surface area contributed by atoms with Gasteiger partial charge in [-0.2, -0.15) is 0 Å². The number of hydrogen-bond donors (Lipinski definition) is 1. The molecule has 0 atom stereocenters. The van der Waals surface area contributed by atoms with E-state index in [1.807, 2.05) is 55.1 Å². The number of likely N-dealkylation sites (tertiary alicyclic amines) is 1. The molecule has 0 bridgehead atoms. The first-order valence-electron chi connectivity index (χ1n) is 10.6. The van der Waals surface area contributed by atoms with E-state index in [1.54, 1.807) is 11.8 Å². The van der Waals surface area contributed by atoms with Gasteiger partial charge in [0.1, 0.15) is 5.75 Å². The van der Waals surface area contributed by atoms with Gasteiger partial charge in [-0.25, -0.2) is 0 Å². The first-order chi connectivity index (χ1) is 14.1.